The smallest absolute Gasteiger partial charge is 0.244 e. The summed E-state index contributed by atoms with van der Waals surface area (Å²) in [5.41, 5.74) is 4.25. The average molecular weight is 392 g/mol. The van der Waals surface area contributed by atoms with Crippen molar-refractivity contribution in [1.29, 1.82) is 0 Å². The monoisotopic (exact) mass is 391 g/mol. The van der Waals surface area contributed by atoms with Gasteiger partial charge in [0.05, 0.1) is 6.54 Å². The molecule has 2 aromatic carbocycles. The van der Waals surface area contributed by atoms with Crippen molar-refractivity contribution in [2.75, 3.05) is 25.0 Å². The number of amides is 2. The molecule has 29 heavy (non-hydrogen) atoms. The molecule has 0 bridgehead atoms. The second kappa shape index (κ2) is 10.0. The Labute approximate surface area is 172 Å². The van der Waals surface area contributed by atoms with Gasteiger partial charge in [-0.25, -0.2) is 0 Å². The predicted molar refractivity (Wildman–Crippen MR) is 118 cm³/mol. The fourth-order valence-electron chi connectivity index (χ4n) is 3.59. The number of hydrogen-bond acceptors (Lipinski definition) is 3. The van der Waals surface area contributed by atoms with Gasteiger partial charge in [0.25, 0.3) is 0 Å². The van der Waals surface area contributed by atoms with Crippen molar-refractivity contribution < 1.29 is 9.59 Å². The number of rotatable bonds is 6. The summed E-state index contributed by atoms with van der Waals surface area (Å²) in [6, 6.07) is 15.8. The van der Waals surface area contributed by atoms with Gasteiger partial charge in [0, 0.05) is 30.9 Å². The Hall–Kier alpha value is -2.92. The minimum atomic E-state index is -0.0646. The fourth-order valence-corrected chi connectivity index (χ4v) is 3.59. The molecule has 2 amide bonds. The van der Waals surface area contributed by atoms with Gasteiger partial charge in [-0.15, -0.1) is 0 Å². The summed E-state index contributed by atoms with van der Waals surface area (Å²) < 4.78 is 0. The lowest BCUT2D eigenvalue weighted by atomic mass is 10.0. The van der Waals surface area contributed by atoms with E-state index in [1.165, 1.54) is 5.56 Å². The van der Waals surface area contributed by atoms with Gasteiger partial charge in [-0.2, -0.15) is 0 Å². The standard InChI is InChI=1S/C24H29N3O2/c1-18-8-9-20(19(2)16-18)10-11-23(28)25-22-12-14-27(15-13-22)17-24(29)26-21-6-4-3-5-7-21/h3-11,16,22H,12-15,17H2,1-2H3,(H,25,28)(H,26,29)/b11-10+. The fraction of sp³-hybridized carbons (Fsp3) is 0.333. The average Bonchev–Trinajstić information content (AvgIpc) is 2.69. The lowest BCUT2D eigenvalue weighted by molar-refractivity contribution is -0.119. The molecule has 1 aliphatic heterocycles. The highest BCUT2D eigenvalue weighted by atomic mass is 16.2. The summed E-state index contributed by atoms with van der Waals surface area (Å²) in [6.45, 7) is 6.09. The number of benzene rings is 2. The lowest BCUT2D eigenvalue weighted by Gasteiger charge is -2.31. The number of nitrogens with zero attached hydrogens (tertiary/aromatic N) is 1. The molecule has 0 saturated carbocycles. The van der Waals surface area contributed by atoms with Gasteiger partial charge in [-0.3, -0.25) is 14.5 Å². The highest BCUT2D eigenvalue weighted by Gasteiger charge is 2.21. The van der Waals surface area contributed by atoms with E-state index in [0.29, 0.717) is 6.54 Å². The number of carbonyl (C=O) groups excluding carboxylic acids is 2. The van der Waals surface area contributed by atoms with Gasteiger partial charge in [-0.1, -0.05) is 42.0 Å². The van der Waals surface area contributed by atoms with Crippen LogP contribution in [0.5, 0.6) is 0 Å². The molecule has 5 nitrogen and oxygen atoms in total. The topological polar surface area (TPSA) is 61.4 Å². The molecule has 3 rings (SSSR count). The van der Waals surface area contributed by atoms with E-state index in [4.69, 9.17) is 0 Å². The normalized spacial score (nSPS) is 15.4. The maximum Gasteiger partial charge on any atom is 0.244 e. The van der Waals surface area contributed by atoms with E-state index in [2.05, 4.69) is 28.5 Å². The molecule has 0 radical (unpaired) electrons. The zero-order valence-electron chi connectivity index (χ0n) is 17.2. The minimum absolute atomic E-state index is 0.00455. The first-order valence-electron chi connectivity index (χ1n) is 10.1. The summed E-state index contributed by atoms with van der Waals surface area (Å²) in [5, 5.41) is 5.99. The molecule has 1 saturated heterocycles. The van der Waals surface area contributed by atoms with Gasteiger partial charge in [0.15, 0.2) is 0 Å². The maximum atomic E-state index is 12.2. The quantitative estimate of drug-likeness (QED) is 0.741. The van der Waals surface area contributed by atoms with Crippen molar-refractivity contribution in [3.63, 3.8) is 0 Å². The summed E-state index contributed by atoms with van der Waals surface area (Å²) in [6.07, 6.45) is 5.17. The highest BCUT2D eigenvalue weighted by Crippen LogP contribution is 2.13. The Kier molecular flexibility index (Phi) is 7.19. The van der Waals surface area contributed by atoms with E-state index >= 15 is 0 Å². The number of carbonyl (C=O) groups is 2. The molecule has 0 aromatic heterocycles. The van der Waals surface area contributed by atoms with Crippen LogP contribution >= 0.6 is 0 Å². The minimum Gasteiger partial charge on any atom is -0.350 e. The van der Waals surface area contributed by atoms with Gasteiger partial charge < -0.3 is 10.6 Å². The molecule has 0 atom stereocenters. The van der Waals surface area contributed by atoms with Crippen molar-refractivity contribution in [3.05, 3.63) is 71.3 Å². The second-order valence-electron chi connectivity index (χ2n) is 7.67. The Morgan fingerprint density at radius 1 is 1.07 bits per heavy atom. The van der Waals surface area contributed by atoms with E-state index in [-0.39, 0.29) is 17.9 Å². The number of nitrogens with one attached hydrogen (secondary N) is 2. The van der Waals surface area contributed by atoms with E-state index < -0.39 is 0 Å². The summed E-state index contributed by atoms with van der Waals surface area (Å²) in [4.78, 5) is 26.6. The van der Waals surface area contributed by atoms with Crippen molar-refractivity contribution in [2.24, 2.45) is 0 Å². The molecule has 1 aliphatic rings. The van der Waals surface area contributed by atoms with Gasteiger partial charge in [-0.05, 0) is 56.0 Å². The van der Waals surface area contributed by atoms with Crippen LogP contribution in [0.2, 0.25) is 0 Å². The maximum absolute atomic E-state index is 12.2. The molecule has 1 heterocycles. The highest BCUT2D eigenvalue weighted by molar-refractivity contribution is 5.92. The molecule has 2 aromatic rings. The number of para-hydroxylation sites is 1. The van der Waals surface area contributed by atoms with Crippen LogP contribution < -0.4 is 10.6 Å². The van der Waals surface area contributed by atoms with Crippen LogP contribution in [0.3, 0.4) is 0 Å². The molecule has 0 unspecified atom stereocenters. The van der Waals surface area contributed by atoms with E-state index in [9.17, 15) is 9.59 Å². The number of likely N-dealkylation sites (tertiary alicyclic amines) is 1. The van der Waals surface area contributed by atoms with E-state index in [0.717, 1.165) is 42.7 Å². The first-order valence-corrected chi connectivity index (χ1v) is 10.1. The SMILES string of the molecule is Cc1ccc(/C=C/C(=O)NC2CCN(CC(=O)Nc3ccccc3)CC2)c(C)c1. The Bertz CT molecular complexity index is 869. The van der Waals surface area contributed by atoms with Crippen molar-refractivity contribution >= 4 is 23.6 Å². The first kappa shape index (κ1) is 20.8. The summed E-state index contributed by atoms with van der Waals surface area (Å²) in [7, 11) is 0. The molecular formula is C24H29N3O2. The molecule has 152 valence electrons. The number of aryl methyl sites for hydroxylation is 2. The van der Waals surface area contributed by atoms with Crippen molar-refractivity contribution in [3.8, 4) is 0 Å². The molecule has 0 spiro atoms. The van der Waals surface area contributed by atoms with Gasteiger partial charge >= 0.3 is 0 Å². The molecule has 2 N–H and O–H groups in total. The van der Waals surface area contributed by atoms with Crippen LogP contribution in [0.25, 0.3) is 6.08 Å². The molecule has 0 aliphatic carbocycles. The number of anilines is 1. The van der Waals surface area contributed by atoms with E-state index in [1.807, 2.05) is 55.5 Å². The van der Waals surface area contributed by atoms with Gasteiger partial charge in [0.1, 0.15) is 0 Å². The van der Waals surface area contributed by atoms with Crippen LogP contribution in [-0.4, -0.2) is 42.4 Å². The number of piperidine rings is 1. The Balaban J connectivity index is 1.40. The third kappa shape index (κ3) is 6.57. The zero-order chi connectivity index (χ0) is 20.6. The molecule has 5 heteroatoms. The third-order valence-electron chi connectivity index (χ3n) is 5.20. The Morgan fingerprint density at radius 3 is 2.48 bits per heavy atom. The third-order valence-corrected chi connectivity index (χ3v) is 5.20. The second-order valence-corrected chi connectivity index (χ2v) is 7.67. The van der Waals surface area contributed by atoms with Crippen molar-refractivity contribution in [2.45, 2.75) is 32.7 Å². The van der Waals surface area contributed by atoms with E-state index in [1.54, 1.807) is 6.08 Å². The van der Waals surface area contributed by atoms with Crippen LogP contribution in [0.4, 0.5) is 5.69 Å². The van der Waals surface area contributed by atoms with Crippen LogP contribution in [0.15, 0.2) is 54.6 Å². The largest absolute Gasteiger partial charge is 0.350 e. The van der Waals surface area contributed by atoms with Crippen LogP contribution in [-0.2, 0) is 9.59 Å². The first-order chi connectivity index (χ1) is 14.0. The summed E-state index contributed by atoms with van der Waals surface area (Å²) >= 11 is 0. The van der Waals surface area contributed by atoms with Crippen LogP contribution in [0.1, 0.15) is 29.5 Å². The molecule has 1 fully saturated rings. The Morgan fingerprint density at radius 2 is 1.79 bits per heavy atom. The predicted octanol–water partition coefficient (Wildman–Crippen LogP) is 3.54. The molecular weight excluding hydrogens is 362 g/mol. The van der Waals surface area contributed by atoms with Crippen LogP contribution in [0, 0.1) is 13.8 Å². The summed E-state index contributed by atoms with van der Waals surface area (Å²) in [5.74, 6) is -0.0691. The lowest BCUT2D eigenvalue weighted by Crippen LogP contribution is -2.46. The van der Waals surface area contributed by atoms with Crippen molar-refractivity contribution in [1.82, 2.24) is 10.2 Å². The number of hydrogen-bond donors (Lipinski definition) is 2. The van der Waals surface area contributed by atoms with Gasteiger partial charge in [0.2, 0.25) is 11.8 Å². The zero-order valence-corrected chi connectivity index (χ0v) is 17.2.